The molecule has 0 spiro atoms. The van der Waals surface area contributed by atoms with Crippen LogP contribution in [0, 0.1) is 0 Å². The first-order chi connectivity index (χ1) is 13.7. The summed E-state index contributed by atoms with van der Waals surface area (Å²) in [5.74, 6) is 0.575. The number of hydrogen-bond acceptors (Lipinski definition) is 4. The van der Waals surface area contributed by atoms with Gasteiger partial charge in [0.05, 0.1) is 30.4 Å². The molecule has 4 rings (SSSR count). The first-order valence-electron chi connectivity index (χ1n) is 8.95. The fourth-order valence-electron chi connectivity index (χ4n) is 3.33. The van der Waals surface area contributed by atoms with Crippen LogP contribution < -0.4 is 15.8 Å². The fourth-order valence-corrected chi connectivity index (χ4v) is 3.33. The van der Waals surface area contributed by atoms with Crippen LogP contribution >= 0.6 is 0 Å². The van der Waals surface area contributed by atoms with Gasteiger partial charge >= 0.3 is 0 Å². The number of benzene rings is 2. The van der Waals surface area contributed by atoms with Crippen LogP contribution in [0.25, 0.3) is 22.0 Å². The van der Waals surface area contributed by atoms with Gasteiger partial charge in [0.1, 0.15) is 5.75 Å². The molecule has 4 aromatic rings. The summed E-state index contributed by atoms with van der Waals surface area (Å²) in [4.78, 5) is 16.2. The molecule has 0 bridgehead atoms. The summed E-state index contributed by atoms with van der Waals surface area (Å²) in [7, 11) is 1.62. The monoisotopic (exact) mass is 375 g/mol. The Morgan fingerprint density at radius 2 is 2.04 bits per heavy atom. The molecular weight excluding hydrogens is 354 g/mol. The number of H-pyrrole nitrogens is 2. The third-order valence-corrected chi connectivity index (χ3v) is 4.83. The highest BCUT2D eigenvalue weighted by atomic mass is 16.5. The molecule has 1 amide bonds. The molecule has 28 heavy (non-hydrogen) atoms. The second-order valence-electron chi connectivity index (χ2n) is 6.45. The lowest BCUT2D eigenvalue weighted by atomic mass is 10.0. The van der Waals surface area contributed by atoms with Crippen LogP contribution in [-0.2, 0) is 0 Å². The number of aromatic nitrogens is 3. The van der Waals surface area contributed by atoms with Crippen LogP contribution in [0.3, 0.4) is 0 Å². The number of nitrogens with two attached hydrogens (primary N) is 1. The maximum absolute atomic E-state index is 13.0. The molecule has 5 N–H and O–H groups in total. The van der Waals surface area contributed by atoms with E-state index in [0.29, 0.717) is 12.1 Å². The van der Waals surface area contributed by atoms with E-state index in [0.717, 1.165) is 33.3 Å². The lowest BCUT2D eigenvalue weighted by molar-refractivity contribution is 0.0939. The van der Waals surface area contributed by atoms with Gasteiger partial charge < -0.3 is 20.8 Å². The van der Waals surface area contributed by atoms with Crippen molar-refractivity contribution in [1.82, 2.24) is 20.5 Å². The van der Waals surface area contributed by atoms with Crippen molar-refractivity contribution in [2.45, 2.75) is 6.04 Å². The van der Waals surface area contributed by atoms with Crippen LogP contribution in [0.1, 0.15) is 22.0 Å². The summed E-state index contributed by atoms with van der Waals surface area (Å²) < 4.78 is 5.18. The quantitative estimate of drug-likeness (QED) is 0.415. The second kappa shape index (κ2) is 7.58. The lowest BCUT2D eigenvalue weighted by Gasteiger charge is -2.18. The number of nitrogens with one attached hydrogen (secondary N) is 3. The molecule has 0 aliphatic rings. The number of hydrogen-bond donors (Lipinski definition) is 4. The zero-order valence-corrected chi connectivity index (χ0v) is 15.4. The summed E-state index contributed by atoms with van der Waals surface area (Å²) in [6, 6.07) is 12.9. The van der Waals surface area contributed by atoms with Gasteiger partial charge in [0, 0.05) is 35.5 Å². The number of para-hydroxylation sites is 1. The maximum atomic E-state index is 13.0. The number of methoxy groups -OCH3 is 1. The van der Waals surface area contributed by atoms with E-state index in [-0.39, 0.29) is 11.9 Å². The van der Waals surface area contributed by atoms with Crippen molar-refractivity contribution in [1.29, 1.82) is 0 Å². The van der Waals surface area contributed by atoms with E-state index in [1.54, 1.807) is 19.4 Å². The van der Waals surface area contributed by atoms with E-state index < -0.39 is 0 Å². The molecule has 2 aromatic heterocycles. The SMILES string of the molecule is COc1ccc(C(CN)NC(=O)c2cccc3c(-c4cn[nH]c4)c[nH]c23)cc1. The normalized spacial score (nSPS) is 12.1. The molecule has 0 saturated carbocycles. The van der Waals surface area contributed by atoms with Crippen molar-refractivity contribution in [2.75, 3.05) is 13.7 Å². The van der Waals surface area contributed by atoms with Crippen molar-refractivity contribution >= 4 is 16.8 Å². The molecule has 7 heteroatoms. The van der Waals surface area contributed by atoms with E-state index >= 15 is 0 Å². The van der Waals surface area contributed by atoms with E-state index in [1.165, 1.54) is 0 Å². The Morgan fingerprint density at radius 1 is 1.21 bits per heavy atom. The number of fused-ring (bicyclic) bond motifs is 1. The molecule has 1 atom stereocenters. The highest BCUT2D eigenvalue weighted by Crippen LogP contribution is 2.30. The topological polar surface area (TPSA) is 109 Å². The minimum Gasteiger partial charge on any atom is -0.497 e. The van der Waals surface area contributed by atoms with Crippen molar-refractivity contribution < 1.29 is 9.53 Å². The molecule has 0 radical (unpaired) electrons. The fraction of sp³-hybridized carbons (Fsp3) is 0.143. The average molecular weight is 375 g/mol. The smallest absolute Gasteiger partial charge is 0.253 e. The zero-order valence-electron chi connectivity index (χ0n) is 15.4. The minimum atomic E-state index is -0.294. The molecular formula is C21H21N5O2. The largest absolute Gasteiger partial charge is 0.497 e. The number of carbonyl (C=O) groups is 1. The van der Waals surface area contributed by atoms with Crippen LogP contribution in [0.15, 0.2) is 61.1 Å². The molecule has 142 valence electrons. The Hall–Kier alpha value is -3.58. The number of rotatable bonds is 6. The van der Waals surface area contributed by atoms with Crippen molar-refractivity contribution in [3.8, 4) is 16.9 Å². The van der Waals surface area contributed by atoms with Gasteiger partial charge in [0.15, 0.2) is 0 Å². The maximum Gasteiger partial charge on any atom is 0.253 e. The van der Waals surface area contributed by atoms with Crippen LogP contribution in [-0.4, -0.2) is 34.7 Å². The first-order valence-corrected chi connectivity index (χ1v) is 8.95. The molecule has 0 saturated heterocycles. The molecule has 0 fully saturated rings. The van der Waals surface area contributed by atoms with Crippen molar-refractivity contribution in [2.24, 2.45) is 5.73 Å². The van der Waals surface area contributed by atoms with Crippen LogP contribution in [0.5, 0.6) is 5.75 Å². The van der Waals surface area contributed by atoms with Crippen LogP contribution in [0.4, 0.5) is 0 Å². The van der Waals surface area contributed by atoms with Gasteiger partial charge in [0.25, 0.3) is 5.91 Å². The number of aromatic amines is 2. The number of nitrogens with zero attached hydrogens (tertiary/aromatic N) is 1. The van der Waals surface area contributed by atoms with Gasteiger partial charge in [-0.1, -0.05) is 24.3 Å². The van der Waals surface area contributed by atoms with Gasteiger partial charge in [-0.05, 0) is 23.8 Å². The molecule has 0 aliphatic heterocycles. The lowest BCUT2D eigenvalue weighted by Crippen LogP contribution is -2.33. The molecule has 2 aromatic carbocycles. The Kier molecular flexibility index (Phi) is 4.82. The van der Waals surface area contributed by atoms with E-state index in [2.05, 4.69) is 20.5 Å². The highest BCUT2D eigenvalue weighted by Gasteiger charge is 2.18. The Labute approximate surface area is 161 Å². The van der Waals surface area contributed by atoms with Gasteiger partial charge in [-0.15, -0.1) is 0 Å². The molecule has 7 nitrogen and oxygen atoms in total. The van der Waals surface area contributed by atoms with Gasteiger partial charge in [-0.25, -0.2) is 0 Å². The standard InChI is InChI=1S/C21H21N5O2/c1-28-15-7-5-13(6-8-15)19(9-22)26-21(27)17-4-2-3-16-18(12-23-20(16)17)14-10-24-25-11-14/h2-8,10-12,19,23H,9,22H2,1H3,(H,24,25)(H,26,27). The zero-order chi connectivity index (χ0) is 19.5. The van der Waals surface area contributed by atoms with E-state index in [4.69, 9.17) is 10.5 Å². The minimum absolute atomic E-state index is 0.183. The van der Waals surface area contributed by atoms with E-state index in [9.17, 15) is 4.79 Å². The molecule has 1 unspecified atom stereocenters. The third kappa shape index (κ3) is 3.23. The van der Waals surface area contributed by atoms with Gasteiger partial charge in [0.2, 0.25) is 0 Å². The van der Waals surface area contributed by atoms with Gasteiger partial charge in [-0.2, -0.15) is 5.10 Å². The predicted octanol–water partition coefficient (Wildman–Crippen LogP) is 3.00. The average Bonchev–Trinajstić information content (AvgIpc) is 3.41. The summed E-state index contributed by atoms with van der Waals surface area (Å²) in [5.41, 5.74) is 10.1. The third-order valence-electron chi connectivity index (χ3n) is 4.83. The Balaban J connectivity index is 1.63. The molecule has 0 aliphatic carbocycles. The Morgan fingerprint density at radius 3 is 2.71 bits per heavy atom. The van der Waals surface area contributed by atoms with E-state index in [1.807, 2.05) is 48.8 Å². The summed E-state index contributed by atoms with van der Waals surface area (Å²) in [6.07, 6.45) is 5.46. The first kappa shape index (κ1) is 17.8. The number of amides is 1. The second-order valence-corrected chi connectivity index (χ2v) is 6.45. The molecule has 2 heterocycles. The highest BCUT2D eigenvalue weighted by molar-refractivity contribution is 6.09. The number of carbonyl (C=O) groups excluding carboxylic acids is 1. The van der Waals surface area contributed by atoms with Gasteiger partial charge in [-0.3, -0.25) is 9.89 Å². The summed E-state index contributed by atoms with van der Waals surface area (Å²) >= 11 is 0. The van der Waals surface area contributed by atoms with Crippen LogP contribution in [0.2, 0.25) is 0 Å². The van der Waals surface area contributed by atoms with Crippen molar-refractivity contribution in [3.05, 3.63) is 72.2 Å². The number of ether oxygens (including phenoxy) is 1. The Bertz CT molecular complexity index is 1080. The summed E-state index contributed by atoms with van der Waals surface area (Å²) in [6.45, 7) is 0.291. The summed E-state index contributed by atoms with van der Waals surface area (Å²) in [5, 5.41) is 10.8. The predicted molar refractivity (Wildman–Crippen MR) is 108 cm³/mol. The van der Waals surface area contributed by atoms with Crippen molar-refractivity contribution in [3.63, 3.8) is 0 Å².